The summed E-state index contributed by atoms with van der Waals surface area (Å²) < 4.78 is 0. The third-order valence-corrected chi connectivity index (χ3v) is 2.21. The highest BCUT2D eigenvalue weighted by molar-refractivity contribution is 5.94. The Balaban J connectivity index is 2.43. The van der Waals surface area contributed by atoms with Crippen molar-refractivity contribution < 1.29 is 9.59 Å². The highest BCUT2D eigenvalue weighted by Gasteiger charge is 2.04. The van der Waals surface area contributed by atoms with E-state index in [4.69, 9.17) is 5.73 Å². The van der Waals surface area contributed by atoms with E-state index in [-0.39, 0.29) is 11.8 Å². The predicted molar refractivity (Wildman–Crippen MR) is 65.4 cm³/mol. The van der Waals surface area contributed by atoms with Crippen LogP contribution in [-0.2, 0) is 11.3 Å². The number of benzene rings is 1. The Bertz CT molecular complexity index is 404. The zero-order valence-electron chi connectivity index (χ0n) is 9.82. The first-order chi connectivity index (χ1) is 8.13. The molecule has 0 heterocycles. The van der Waals surface area contributed by atoms with Gasteiger partial charge in [-0.15, -0.1) is 0 Å². The lowest BCUT2D eigenvalue weighted by Gasteiger charge is -2.06. The fraction of sp³-hybridized carbons (Fsp3) is 0.333. The maximum absolute atomic E-state index is 11.7. The van der Waals surface area contributed by atoms with Gasteiger partial charge in [0.1, 0.15) is 0 Å². The third-order valence-electron chi connectivity index (χ3n) is 2.21. The van der Waals surface area contributed by atoms with Crippen LogP contribution >= 0.6 is 0 Å². The molecule has 0 aliphatic heterocycles. The van der Waals surface area contributed by atoms with Crippen LogP contribution in [0.1, 0.15) is 22.8 Å². The molecule has 0 aliphatic rings. The van der Waals surface area contributed by atoms with Gasteiger partial charge in [-0.05, 0) is 17.7 Å². The molecule has 17 heavy (non-hydrogen) atoms. The zero-order valence-corrected chi connectivity index (χ0v) is 9.82. The molecule has 0 aromatic heterocycles. The van der Waals surface area contributed by atoms with Crippen LogP contribution in [0.15, 0.2) is 24.3 Å². The lowest BCUT2D eigenvalue weighted by molar-refractivity contribution is -0.118. The van der Waals surface area contributed by atoms with E-state index in [1.54, 1.807) is 18.2 Å². The average molecular weight is 235 g/mol. The second-order valence-corrected chi connectivity index (χ2v) is 3.64. The molecule has 1 aromatic rings. The van der Waals surface area contributed by atoms with Crippen molar-refractivity contribution in [2.45, 2.75) is 13.5 Å². The second kappa shape index (κ2) is 6.65. The minimum Gasteiger partial charge on any atom is -0.355 e. The van der Waals surface area contributed by atoms with Gasteiger partial charge >= 0.3 is 0 Å². The molecule has 0 spiro atoms. The Morgan fingerprint density at radius 2 is 1.94 bits per heavy atom. The molecule has 5 heteroatoms. The number of hydrogen-bond acceptors (Lipinski definition) is 3. The number of nitrogens with two attached hydrogens (primary N) is 1. The lowest BCUT2D eigenvalue weighted by Crippen LogP contribution is -2.33. The molecular weight excluding hydrogens is 218 g/mol. The van der Waals surface area contributed by atoms with Crippen LogP contribution in [0.4, 0.5) is 0 Å². The van der Waals surface area contributed by atoms with Crippen molar-refractivity contribution in [1.29, 1.82) is 0 Å². The first kappa shape index (κ1) is 13.2. The second-order valence-electron chi connectivity index (χ2n) is 3.64. The Labute approximate surface area is 100 Å². The van der Waals surface area contributed by atoms with Crippen molar-refractivity contribution in [1.82, 2.24) is 10.6 Å². The lowest BCUT2D eigenvalue weighted by atomic mass is 10.1. The Kier molecular flexibility index (Phi) is 5.16. The molecule has 0 atom stereocenters. The summed E-state index contributed by atoms with van der Waals surface area (Å²) in [6.07, 6.45) is 0. The van der Waals surface area contributed by atoms with Gasteiger partial charge in [0.25, 0.3) is 5.91 Å². The van der Waals surface area contributed by atoms with Gasteiger partial charge in [-0.25, -0.2) is 0 Å². The maximum Gasteiger partial charge on any atom is 0.251 e. The van der Waals surface area contributed by atoms with Gasteiger partial charge in [-0.3, -0.25) is 9.59 Å². The van der Waals surface area contributed by atoms with Crippen molar-refractivity contribution in [3.63, 3.8) is 0 Å². The van der Waals surface area contributed by atoms with Crippen molar-refractivity contribution >= 4 is 11.8 Å². The van der Waals surface area contributed by atoms with E-state index >= 15 is 0 Å². The molecule has 0 radical (unpaired) electrons. The number of carbonyl (C=O) groups is 2. The SMILES string of the molecule is CC(=O)NCCNC(=O)c1cccc(CN)c1. The van der Waals surface area contributed by atoms with Gasteiger partial charge in [0, 0.05) is 32.1 Å². The first-order valence-electron chi connectivity index (χ1n) is 5.45. The van der Waals surface area contributed by atoms with Gasteiger partial charge in [-0.2, -0.15) is 0 Å². The minimum absolute atomic E-state index is 0.107. The molecule has 0 bridgehead atoms. The molecule has 0 unspecified atom stereocenters. The summed E-state index contributed by atoms with van der Waals surface area (Å²) in [4.78, 5) is 22.3. The number of nitrogens with one attached hydrogen (secondary N) is 2. The summed E-state index contributed by atoms with van der Waals surface area (Å²) >= 11 is 0. The van der Waals surface area contributed by atoms with Crippen LogP contribution in [0.5, 0.6) is 0 Å². The van der Waals surface area contributed by atoms with Crippen LogP contribution in [0.3, 0.4) is 0 Å². The average Bonchev–Trinajstić information content (AvgIpc) is 2.34. The van der Waals surface area contributed by atoms with E-state index in [2.05, 4.69) is 10.6 Å². The topological polar surface area (TPSA) is 84.2 Å². The molecule has 1 aromatic carbocycles. The van der Waals surface area contributed by atoms with Crippen molar-refractivity contribution in [3.8, 4) is 0 Å². The Morgan fingerprint density at radius 1 is 1.24 bits per heavy atom. The molecule has 4 N–H and O–H groups in total. The quantitative estimate of drug-likeness (QED) is 0.629. The molecule has 0 saturated carbocycles. The van der Waals surface area contributed by atoms with Gasteiger partial charge < -0.3 is 16.4 Å². The van der Waals surface area contributed by atoms with Crippen LogP contribution in [0.25, 0.3) is 0 Å². The number of amides is 2. The minimum atomic E-state index is -0.161. The smallest absolute Gasteiger partial charge is 0.251 e. The fourth-order valence-electron chi connectivity index (χ4n) is 1.36. The first-order valence-corrected chi connectivity index (χ1v) is 5.45. The molecule has 1 rings (SSSR count). The molecule has 0 fully saturated rings. The van der Waals surface area contributed by atoms with E-state index < -0.39 is 0 Å². The number of carbonyl (C=O) groups excluding carboxylic acids is 2. The monoisotopic (exact) mass is 235 g/mol. The van der Waals surface area contributed by atoms with Gasteiger partial charge in [0.15, 0.2) is 0 Å². The summed E-state index contributed by atoms with van der Waals surface area (Å²) in [5, 5.41) is 5.31. The third kappa shape index (κ3) is 4.65. The number of rotatable bonds is 5. The summed E-state index contributed by atoms with van der Waals surface area (Å²) in [6.45, 7) is 2.68. The van der Waals surface area contributed by atoms with Crippen LogP contribution in [0, 0.1) is 0 Å². The van der Waals surface area contributed by atoms with Crippen LogP contribution in [-0.4, -0.2) is 24.9 Å². The molecule has 0 aliphatic carbocycles. The van der Waals surface area contributed by atoms with Crippen LogP contribution in [0.2, 0.25) is 0 Å². The molecule has 92 valence electrons. The van der Waals surface area contributed by atoms with Gasteiger partial charge in [-0.1, -0.05) is 12.1 Å². The van der Waals surface area contributed by atoms with Gasteiger partial charge in [0.2, 0.25) is 5.91 Å². The Hall–Kier alpha value is -1.88. The van der Waals surface area contributed by atoms with E-state index in [9.17, 15) is 9.59 Å². The molecule has 5 nitrogen and oxygen atoms in total. The summed E-state index contributed by atoms with van der Waals surface area (Å²) in [5.41, 5.74) is 6.99. The largest absolute Gasteiger partial charge is 0.355 e. The standard InChI is InChI=1S/C12H17N3O2/c1-9(16)14-5-6-15-12(17)11-4-2-3-10(7-11)8-13/h2-4,7H,5-6,8,13H2,1H3,(H,14,16)(H,15,17). The van der Waals surface area contributed by atoms with Crippen molar-refractivity contribution in [3.05, 3.63) is 35.4 Å². The van der Waals surface area contributed by atoms with Crippen molar-refractivity contribution in [2.75, 3.05) is 13.1 Å². The normalized spacial score (nSPS) is 9.76. The Morgan fingerprint density at radius 3 is 2.59 bits per heavy atom. The van der Waals surface area contributed by atoms with Crippen LogP contribution < -0.4 is 16.4 Å². The van der Waals surface area contributed by atoms with E-state index in [0.717, 1.165) is 5.56 Å². The fourth-order valence-corrected chi connectivity index (χ4v) is 1.36. The highest BCUT2D eigenvalue weighted by atomic mass is 16.2. The summed E-state index contributed by atoms with van der Waals surface area (Å²) in [5.74, 6) is -0.268. The van der Waals surface area contributed by atoms with Gasteiger partial charge in [0.05, 0.1) is 0 Å². The number of hydrogen-bond donors (Lipinski definition) is 3. The van der Waals surface area contributed by atoms with E-state index in [0.29, 0.717) is 25.2 Å². The summed E-state index contributed by atoms with van der Waals surface area (Å²) in [6, 6.07) is 7.15. The molecular formula is C12H17N3O2. The molecule has 0 saturated heterocycles. The summed E-state index contributed by atoms with van der Waals surface area (Å²) in [7, 11) is 0. The van der Waals surface area contributed by atoms with Crippen molar-refractivity contribution in [2.24, 2.45) is 5.73 Å². The predicted octanol–water partition coefficient (Wildman–Crippen LogP) is 0.0112. The van der Waals surface area contributed by atoms with E-state index in [1.807, 2.05) is 6.07 Å². The maximum atomic E-state index is 11.7. The van der Waals surface area contributed by atoms with E-state index in [1.165, 1.54) is 6.92 Å². The zero-order chi connectivity index (χ0) is 12.7. The molecule has 2 amide bonds. The highest BCUT2D eigenvalue weighted by Crippen LogP contribution is 2.04.